The third-order valence-corrected chi connectivity index (χ3v) is 5.77. The SMILES string of the molecule is CCCN(CCC)c1cc(N/N=C/c2cc(CO)cc(C(N)=O)c2)nc(OCCN2CCOCC2)c1. The number of primary amides is 1. The number of hydrogen-bond donors (Lipinski definition) is 3. The average Bonchev–Trinajstić information content (AvgIpc) is 2.89. The van der Waals surface area contributed by atoms with Crippen LogP contribution in [0, 0.1) is 0 Å². The number of anilines is 2. The fourth-order valence-electron chi connectivity index (χ4n) is 4.02. The molecule has 2 aromatic rings. The fourth-order valence-corrected chi connectivity index (χ4v) is 4.02. The summed E-state index contributed by atoms with van der Waals surface area (Å²) in [4.78, 5) is 20.8. The van der Waals surface area contributed by atoms with Gasteiger partial charge >= 0.3 is 0 Å². The summed E-state index contributed by atoms with van der Waals surface area (Å²) in [5, 5.41) is 13.8. The number of carbonyl (C=O) groups is 1. The highest BCUT2D eigenvalue weighted by Crippen LogP contribution is 2.25. The Balaban J connectivity index is 1.76. The molecule has 1 aliphatic rings. The molecule has 1 aromatic carbocycles. The molecule has 0 unspecified atom stereocenters. The van der Waals surface area contributed by atoms with Crippen molar-refractivity contribution >= 4 is 23.6 Å². The fraction of sp³-hybridized carbons (Fsp3) is 0.500. The molecule has 10 heteroatoms. The van der Waals surface area contributed by atoms with E-state index in [9.17, 15) is 9.90 Å². The molecule has 0 saturated carbocycles. The Labute approximate surface area is 213 Å². The van der Waals surface area contributed by atoms with Gasteiger partial charge in [0, 0.05) is 56.1 Å². The molecule has 0 bridgehead atoms. The van der Waals surface area contributed by atoms with Gasteiger partial charge in [-0.3, -0.25) is 15.1 Å². The Morgan fingerprint density at radius 2 is 1.97 bits per heavy atom. The first-order valence-corrected chi connectivity index (χ1v) is 12.6. The van der Waals surface area contributed by atoms with Crippen LogP contribution in [-0.2, 0) is 11.3 Å². The zero-order chi connectivity index (χ0) is 25.8. The number of pyridine rings is 1. The molecule has 0 atom stereocenters. The summed E-state index contributed by atoms with van der Waals surface area (Å²) in [7, 11) is 0. The van der Waals surface area contributed by atoms with Crippen LogP contribution in [0.5, 0.6) is 5.88 Å². The van der Waals surface area contributed by atoms with Gasteiger partial charge in [-0.1, -0.05) is 13.8 Å². The van der Waals surface area contributed by atoms with Crippen molar-refractivity contribution < 1.29 is 19.4 Å². The number of ether oxygens (including phenoxy) is 2. The molecule has 36 heavy (non-hydrogen) atoms. The minimum Gasteiger partial charge on any atom is -0.476 e. The molecule has 2 heterocycles. The number of hydrazone groups is 1. The number of aromatic nitrogens is 1. The molecule has 0 spiro atoms. The highest BCUT2D eigenvalue weighted by atomic mass is 16.5. The van der Waals surface area contributed by atoms with E-state index >= 15 is 0 Å². The number of aliphatic hydroxyl groups excluding tert-OH is 1. The Morgan fingerprint density at radius 3 is 2.64 bits per heavy atom. The predicted octanol–water partition coefficient (Wildman–Crippen LogP) is 2.46. The molecule has 3 rings (SSSR count). The number of carbonyl (C=O) groups excluding carboxylic acids is 1. The summed E-state index contributed by atoms with van der Waals surface area (Å²) in [6.45, 7) is 10.7. The molecule has 1 aliphatic heterocycles. The van der Waals surface area contributed by atoms with Gasteiger partial charge in [-0.05, 0) is 42.2 Å². The van der Waals surface area contributed by atoms with Gasteiger partial charge in [-0.25, -0.2) is 0 Å². The highest BCUT2D eigenvalue weighted by Gasteiger charge is 2.13. The number of rotatable bonds is 14. The second kappa shape index (κ2) is 14.4. The van der Waals surface area contributed by atoms with Crippen molar-refractivity contribution in [1.29, 1.82) is 0 Å². The van der Waals surface area contributed by atoms with Gasteiger partial charge in [0.25, 0.3) is 0 Å². The van der Waals surface area contributed by atoms with E-state index in [0.29, 0.717) is 35.0 Å². The van der Waals surface area contributed by atoms with Crippen LogP contribution in [0.3, 0.4) is 0 Å². The lowest BCUT2D eigenvalue weighted by molar-refractivity contribution is 0.0320. The second-order valence-corrected chi connectivity index (χ2v) is 8.69. The maximum Gasteiger partial charge on any atom is 0.248 e. The summed E-state index contributed by atoms with van der Waals surface area (Å²) in [6.07, 6.45) is 3.62. The van der Waals surface area contributed by atoms with E-state index in [4.69, 9.17) is 15.2 Å². The van der Waals surface area contributed by atoms with Gasteiger partial charge in [0.2, 0.25) is 11.8 Å². The second-order valence-electron chi connectivity index (χ2n) is 8.69. The normalized spacial score (nSPS) is 14.2. The molecule has 4 N–H and O–H groups in total. The van der Waals surface area contributed by atoms with Crippen LogP contribution >= 0.6 is 0 Å². The van der Waals surface area contributed by atoms with E-state index in [1.54, 1.807) is 24.4 Å². The van der Waals surface area contributed by atoms with Gasteiger partial charge in [-0.15, -0.1) is 0 Å². The Hall–Kier alpha value is -3.21. The van der Waals surface area contributed by atoms with E-state index in [1.165, 1.54) is 0 Å². The molecule has 1 aromatic heterocycles. The Bertz CT molecular complexity index is 1000. The quantitative estimate of drug-likeness (QED) is 0.268. The minimum atomic E-state index is -0.562. The maximum atomic E-state index is 11.6. The van der Waals surface area contributed by atoms with Crippen molar-refractivity contribution in [1.82, 2.24) is 9.88 Å². The number of nitrogens with zero attached hydrogens (tertiary/aromatic N) is 4. The summed E-state index contributed by atoms with van der Waals surface area (Å²) >= 11 is 0. The summed E-state index contributed by atoms with van der Waals surface area (Å²) < 4.78 is 11.5. The zero-order valence-electron chi connectivity index (χ0n) is 21.3. The van der Waals surface area contributed by atoms with Gasteiger partial charge in [0.1, 0.15) is 6.61 Å². The number of amides is 1. The van der Waals surface area contributed by atoms with Crippen molar-refractivity contribution in [2.45, 2.75) is 33.3 Å². The minimum absolute atomic E-state index is 0.200. The van der Waals surface area contributed by atoms with Crippen LogP contribution in [0.4, 0.5) is 11.5 Å². The topological polar surface area (TPSA) is 126 Å². The maximum absolute atomic E-state index is 11.6. The monoisotopic (exact) mass is 498 g/mol. The summed E-state index contributed by atoms with van der Waals surface area (Å²) in [6, 6.07) is 8.86. The highest BCUT2D eigenvalue weighted by molar-refractivity contribution is 5.95. The number of nitrogens with two attached hydrogens (primary N) is 1. The lowest BCUT2D eigenvalue weighted by Crippen LogP contribution is -2.38. The molecule has 1 amide bonds. The molecule has 196 valence electrons. The van der Waals surface area contributed by atoms with Gasteiger partial charge in [0.15, 0.2) is 5.82 Å². The Morgan fingerprint density at radius 1 is 1.22 bits per heavy atom. The number of aliphatic hydroxyl groups is 1. The number of nitrogens with one attached hydrogen (secondary N) is 1. The van der Waals surface area contributed by atoms with Gasteiger partial charge in [0.05, 0.1) is 26.0 Å². The van der Waals surface area contributed by atoms with Crippen LogP contribution in [-0.4, -0.2) is 79.7 Å². The van der Waals surface area contributed by atoms with E-state index < -0.39 is 5.91 Å². The molecule has 0 radical (unpaired) electrons. The smallest absolute Gasteiger partial charge is 0.248 e. The molecule has 1 saturated heterocycles. The van der Waals surface area contributed by atoms with Crippen LogP contribution < -0.4 is 20.8 Å². The van der Waals surface area contributed by atoms with Crippen LogP contribution in [0.2, 0.25) is 0 Å². The van der Waals surface area contributed by atoms with E-state index in [2.05, 4.69) is 39.2 Å². The summed E-state index contributed by atoms with van der Waals surface area (Å²) in [5.74, 6) is 0.526. The van der Waals surface area contributed by atoms with Crippen LogP contribution in [0.1, 0.15) is 48.2 Å². The molecule has 0 aliphatic carbocycles. The third-order valence-electron chi connectivity index (χ3n) is 5.77. The van der Waals surface area contributed by atoms with Crippen molar-refractivity contribution in [3.05, 3.63) is 47.0 Å². The van der Waals surface area contributed by atoms with Crippen molar-refractivity contribution in [3.63, 3.8) is 0 Å². The molecule has 1 fully saturated rings. The number of benzene rings is 1. The van der Waals surface area contributed by atoms with Gasteiger partial charge < -0.3 is 25.2 Å². The van der Waals surface area contributed by atoms with E-state index in [0.717, 1.165) is 64.5 Å². The predicted molar refractivity (Wildman–Crippen MR) is 142 cm³/mol. The molecular formula is C26H38N6O4. The van der Waals surface area contributed by atoms with E-state index in [1.807, 2.05) is 12.1 Å². The number of hydrogen-bond acceptors (Lipinski definition) is 9. The average molecular weight is 499 g/mol. The van der Waals surface area contributed by atoms with Crippen molar-refractivity contribution in [2.24, 2.45) is 10.8 Å². The summed E-state index contributed by atoms with van der Waals surface area (Å²) in [5.41, 5.74) is 10.9. The van der Waals surface area contributed by atoms with Gasteiger partial charge in [-0.2, -0.15) is 10.1 Å². The number of morpholine rings is 1. The standard InChI is InChI=1S/C26H38N6O4/c1-3-5-32(6-4-2)23-16-24(29-25(17-23)36-12-9-31-7-10-35-11-8-31)30-28-18-20-13-21(19-33)15-22(14-20)26(27)34/h13-18,33H,3-12,19H2,1-2H3,(H2,27,34)(H,29,30)/b28-18+. The molecule has 10 nitrogen and oxygen atoms in total. The van der Waals surface area contributed by atoms with E-state index in [-0.39, 0.29) is 6.61 Å². The first kappa shape index (κ1) is 27.4. The Kier molecular flexibility index (Phi) is 10.9. The van der Waals surface area contributed by atoms with Crippen molar-refractivity contribution in [3.8, 4) is 5.88 Å². The largest absolute Gasteiger partial charge is 0.476 e. The van der Waals surface area contributed by atoms with Crippen LogP contribution in [0.15, 0.2) is 35.4 Å². The third kappa shape index (κ3) is 8.47. The van der Waals surface area contributed by atoms with Crippen molar-refractivity contribution in [2.75, 3.05) is 62.9 Å². The molecular weight excluding hydrogens is 460 g/mol. The lowest BCUT2D eigenvalue weighted by Gasteiger charge is -2.26. The first-order chi connectivity index (χ1) is 17.5. The first-order valence-electron chi connectivity index (χ1n) is 12.6. The van der Waals surface area contributed by atoms with Crippen LogP contribution in [0.25, 0.3) is 0 Å². The lowest BCUT2D eigenvalue weighted by atomic mass is 10.1. The zero-order valence-corrected chi connectivity index (χ0v) is 21.3.